The topological polar surface area (TPSA) is 122 Å². The lowest BCUT2D eigenvalue weighted by molar-refractivity contribution is -0.00761. The van der Waals surface area contributed by atoms with E-state index in [2.05, 4.69) is 0 Å². The molecule has 0 aromatic rings. The highest BCUT2D eigenvalue weighted by atomic mass is 16.6. The minimum Gasteiger partial charge on any atom is -0.443 e. The predicted octanol–water partition coefficient (Wildman–Crippen LogP) is 2.93. The zero-order chi connectivity index (χ0) is 21.7. The Morgan fingerprint density at radius 3 is 1.50 bits per heavy atom. The summed E-state index contributed by atoms with van der Waals surface area (Å²) < 4.78 is 10.6. The third kappa shape index (κ3) is 9.21. The third-order valence-electron chi connectivity index (χ3n) is 4.37. The molecule has 2 aliphatic rings. The molecule has 164 valence electrons. The van der Waals surface area contributed by atoms with Crippen LogP contribution in [0.15, 0.2) is 0 Å². The number of imide groups is 1. The molecule has 0 aliphatic heterocycles. The van der Waals surface area contributed by atoms with Crippen LogP contribution >= 0.6 is 0 Å². The molecule has 2 amide bonds. The van der Waals surface area contributed by atoms with Crippen molar-refractivity contribution >= 4 is 12.2 Å². The maximum absolute atomic E-state index is 12.3. The standard InChI is InChI=1S/C15H27NO5.C5H11NO/c1-14(2,3)20-12(18)16(10-7-8-11(17)9-10)13(19)21-15(4,5)6;6-4-1-2-5(7)3-4/h10-11,17H,7-9H2,1-6H3;4-5,7H,1-3,6H2. The number of ether oxygens (including phenoxy) is 2. The van der Waals surface area contributed by atoms with Crippen molar-refractivity contribution in [2.24, 2.45) is 5.73 Å². The van der Waals surface area contributed by atoms with Crippen LogP contribution in [0.3, 0.4) is 0 Å². The van der Waals surface area contributed by atoms with Crippen molar-refractivity contribution in [3.05, 3.63) is 0 Å². The van der Waals surface area contributed by atoms with Crippen LogP contribution in [-0.2, 0) is 9.47 Å². The number of hydrogen-bond donors (Lipinski definition) is 3. The van der Waals surface area contributed by atoms with Crippen molar-refractivity contribution < 1.29 is 29.3 Å². The number of amides is 2. The Kier molecular flexibility index (Phi) is 8.71. The van der Waals surface area contributed by atoms with Gasteiger partial charge >= 0.3 is 12.2 Å². The Bertz CT molecular complexity index is 490. The first-order valence-electron chi connectivity index (χ1n) is 10.0. The van der Waals surface area contributed by atoms with E-state index >= 15 is 0 Å². The highest BCUT2D eigenvalue weighted by molar-refractivity contribution is 5.88. The molecular formula is C20H38N2O6. The Morgan fingerprint density at radius 1 is 0.821 bits per heavy atom. The van der Waals surface area contributed by atoms with Crippen LogP contribution in [0.5, 0.6) is 0 Å². The second-order valence-electron chi connectivity index (χ2n) is 9.68. The monoisotopic (exact) mass is 402 g/mol. The van der Waals surface area contributed by atoms with Gasteiger partial charge in [-0.15, -0.1) is 0 Å². The van der Waals surface area contributed by atoms with E-state index in [9.17, 15) is 14.7 Å². The summed E-state index contributed by atoms with van der Waals surface area (Å²) >= 11 is 0. The van der Waals surface area contributed by atoms with Crippen molar-refractivity contribution in [3.8, 4) is 0 Å². The molecule has 0 aromatic heterocycles. The van der Waals surface area contributed by atoms with E-state index in [1.54, 1.807) is 41.5 Å². The molecule has 4 N–H and O–H groups in total. The van der Waals surface area contributed by atoms with Crippen LogP contribution < -0.4 is 5.73 Å². The van der Waals surface area contributed by atoms with Crippen LogP contribution in [0.2, 0.25) is 0 Å². The summed E-state index contributed by atoms with van der Waals surface area (Å²) in [7, 11) is 0. The van der Waals surface area contributed by atoms with Crippen LogP contribution in [0.4, 0.5) is 9.59 Å². The Hall–Kier alpha value is -1.38. The second-order valence-corrected chi connectivity index (χ2v) is 9.68. The van der Waals surface area contributed by atoms with Crippen molar-refractivity contribution in [2.75, 3.05) is 0 Å². The van der Waals surface area contributed by atoms with E-state index in [0.29, 0.717) is 19.3 Å². The molecule has 0 heterocycles. The number of carbonyl (C=O) groups is 2. The van der Waals surface area contributed by atoms with Gasteiger partial charge in [-0.3, -0.25) is 0 Å². The third-order valence-corrected chi connectivity index (χ3v) is 4.37. The summed E-state index contributed by atoms with van der Waals surface area (Å²) in [5, 5.41) is 18.5. The average Bonchev–Trinajstić information content (AvgIpc) is 3.04. The number of rotatable bonds is 1. The highest BCUT2D eigenvalue weighted by Gasteiger charge is 2.39. The van der Waals surface area contributed by atoms with Gasteiger partial charge in [0.1, 0.15) is 11.2 Å². The summed E-state index contributed by atoms with van der Waals surface area (Å²) in [6.45, 7) is 10.4. The molecule has 0 bridgehead atoms. The van der Waals surface area contributed by atoms with Crippen LogP contribution in [-0.4, -0.2) is 62.8 Å². The molecule has 4 atom stereocenters. The smallest absolute Gasteiger partial charge is 0.420 e. The second kappa shape index (κ2) is 9.89. The molecule has 0 spiro atoms. The lowest BCUT2D eigenvalue weighted by Gasteiger charge is -2.31. The van der Waals surface area contributed by atoms with Gasteiger partial charge in [-0.2, -0.15) is 0 Å². The van der Waals surface area contributed by atoms with Gasteiger partial charge in [0.2, 0.25) is 0 Å². The minimum absolute atomic E-state index is 0.102. The van der Waals surface area contributed by atoms with Gasteiger partial charge in [0, 0.05) is 12.1 Å². The molecule has 2 aliphatic carbocycles. The molecule has 0 radical (unpaired) electrons. The van der Waals surface area contributed by atoms with Crippen LogP contribution in [0.1, 0.15) is 80.1 Å². The van der Waals surface area contributed by atoms with Gasteiger partial charge in [-0.1, -0.05) is 0 Å². The van der Waals surface area contributed by atoms with Gasteiger partial charge < -0.3 is 25.4 Å². The van der Waals surface area contributed by atoms with Gasteiger partial charge in [-0.05, 0) is 80.1 Å². The fourth-order valence-corrected chi connectivity index (χ4v) is 3.16. The van der Waals surface area contributed by atoms with E-state index in [4.69, 9.17) is 20.3 Å². The zero-order valence-corrected chi connectivity index (χ0v) is 18.1. The van der Waals surface area contributed by atoms with Crippen LogP contribution in [0.25, 0.3) is 0 Å². The quantitative estimate of drug-likeness (QED) is 0.616. The van der Waals surface area contributed by atoms with E-state index in [1.165, 1.54) is 0 Å². The Labute approximate surface area is 168 Å². The molecule has 2 fully saturated rings. The van der Waals surface area contributed by atoms with Gasteiger partial charge in [0.15, 0.2) is 0 Å². The molecule has 0 aromatic carbocycles. The molecule has 28 heavy (non-hydrogen) atoms. The number of nitrogens with zero attached hydrogens (tertiary/aromatic N) is 1. The molecular weight excluding hydrogens is 364 g/mol. The highest BCUT2D eigenvalue weighted by Crippen LogP contribution is 2.27. The molecule has 2 rings (SSSR count). The minimum atomic E-state index is -0.726. The summed E-state index contributed by atoms with van der Waals surface area (Å²) in [6.07, 6.45) is 2.14. The van der Waals surface area contributed by atoms with Crippen molar-refractivity contribution in [3.63, 3.8) is 0 Å². The molecule has 2 saturated carbocycles. The maximum Gasteiger partial charge on any atom is 0.420 e. The predicted molar refractivity (Wildman–Crippen MR) is 106 cm³/mol. The summed E-state index contributed by atoms with van der Waals surface area (Å²) in [5.41, 5.74) is 4.07. The lowest BCUT2D eigenvalue weighted by Crippen LogP contribution is -2.48. The van der Waals surface area contributed by atoms with Gasteiger partial charge in [-0.25, -0.2) is 14.5 Å². The van der Waals surface area contributed by atoms with E-state index in [-0.39, 0.29) is 18.2 Å². The summed E-state index contributed by atoms with van der Waals surface area (Å²) in [5.74, 6) is 0. The first-order chi connectivity index (χ1) is 12.7. The number of nitrogens with two attached hydrogens (primary N) is 1. The van der Waals surface area contributed by atoms with E-state index in [1.807, 2.05) is 0 Å². The maximum atomic E-state index is 12.3. The van der Waals surface area contributed by atoms with Gasteiger partial charge in [0.25, 0.3) is 0 Å². The van der Waals surface area contributed by atoms with Crippen molar-refractivity contribution in [1.82, 2.24) is 4.90 Å². The van der Waals surface area contributed by atoms with Crippen molar-refractivity contribution in [2.45, 2.75) is 116 Å². The van der Waals surface area contributed by atoms with E-state index in [0.717, 1.165) is 24.2 Å². The molecule has 4 unspecified atom stereocenters. The summed E-state index contributed by atoms with van der Waals surface area (Å²) in [4.78, 5) is 25.6. The molecule has 8 nitrogen and oxygen atoms in total. The molecule has 8 heteroatoms. The van der Waals surface area contributed by atoms with Crippen LogP contribution in [0, 0.1) is 0 Å². The zero-order valence-electron chi connectivity index (χ0n) is 18.1. The number of aliphatic hydroxyl groups excluding tert-OH is 2. The molecule has 0 saturated heterocycles. The Balaban J connectivity index is 0.000000467. The van der Waals surface area contributed by atoms with Gasteiger partial charge in [0.05, 0.1) is 12.2 Å². The summed E-state index contributed by atoms with van der Waals surface area (Å²) in [6, 6.07) is -0.111. The number of aliphatic hydroxyl groups is 2. The first kappa shape index (κ1) is 24.7. The van der Waals surface area contributed by atoms with Crippen molar-refractivity contribution in [1.29, 1.82) is 0 Å². The Morgan fingerprint density at radius 2 is 1.25 bits per heavy atom. The fraction of sp³-hybridized carbons (Fsp3) is 0.900. The first-order valence-corrected chi connectivity index (χ1v) is 10.0. The lowest BCUT2D eigenvalue weighted by atomic mass is 10.2. The number of hydrogen-bond acceptors (Lipinski definition) is 7. The largest absolute Gasteiger partial charge is 0.443 e. The van der Waals surface area contributed by atoms with E-state index < -0.39 is 29.5 Å². The SMILES string of the molecule is CC(C)(C)OC(=O)N(C(=O)OC(C)(C)C)C1CCC(O)C1.NC1CCC(O)C1. The fourth-order valence-electron chi connectivity index (χ4n) is 3.16. The normalized spacial score (nSPS) is 27.6. The number of carbonyl (C=O) groups excluding carboxylic acids is 2. The average molecular weight is 403 g/mol.